The molecule has 1 heterocycles. The van der Waals surface area contributed by atoms with Gasteiger partial charge in [-0.15, -0.1) is 11.3 Å². The minimum Gasteiger partial charge on any atom is -0.332 e. The number of carbonyl (C=O) groups is 2. The minimum atomic E-state index is 0.0246. The lowest BCUT2D eigenvalue weighted by Crippen LogP contribution is -2.48. The normalized spacial score (nSPS) is 15.2. The van der Waals surface area contributed by atoms with E-state index in [1.807, 2.05) is 28.0 Å². The predicted octanol–water partition coefficient (Wildman–Crippen LogP) is 5.40. The van der Waals surface area contributed by atoms with Crippen LogP contribution < -0.4 is 0 Å². The van der Waals surface area contributed by atoms with Crippen LogP contribution in [0.4, 0.5) is 0 Å². The summed E-state index contributed by atoms with van der Waals surface area (Å²) in [7, 11) is 0. The lowest BCUT2D eigenvalue weighted by molar-refractivity contribution is -0.145. The number of hydrogen-bond acceptors (Lipinski definition) is 3. The van der Waals surface area contributed by atoms with Crippen molar-refractivity contribution in [2.24, 2.45) is 5.92 Å². The van der Waals surface area contributed by atoms with Gasteiger partial charge in [-0.1, -0.05) is 50.1 Å². The molecule has 1 fully saturated rings. The fraction of sp³-hybridized carbons (Fsp3) is 0.520. The number of rotatable bonds is 9. The summed E-state index contributed by atoms with van der Waals surface area (Å²) in [6.07, 6.45) is 5.02. The van der Waals surface area contributed by atoms with Crippen LogP contribution >= 0.6 is 11.3 Å². The van der Waals surface area contributed by atoms with E-state index in [9.17, 15) is 9.59 Å². The predicted molar refractivity (Wildman–Crippen MR) is 123 cm³/mol. The highest BCUT2D eigenvalue weighted by molar-refractivity contribution is 7.11. The molecular weight excluding hydrogens is 392 g/mol. The summed E-state index contributed by atoms with van der Waals surface area (Å²) in [5.74, 6) is 0.285. The molecule has 1 atom stereocenters. The summed E-state index contributed by atoms with van der Waals surface area (Å²) >= 11 is 1.73. The van der Waals surface area contributed by atoms with Gasteiger partial charge in [0, 0.05) is 28.3 Å². The molecule has 2 aromatic rings. The van der Waals surface area contributed by atoms with Crippen LogP contribution in [0.5, 0.6) is 0 Å². The standard InChI is InChI=1S/C25H34N2O2S/c1-4-19(2)27(25(29)22-12-8-9-13-22)18-24(28)26(16-21-10-6-5-7-11-21)17-23-15-14-20(3)30-23/h5-7,10-11,14-15,19,22H,4,8-9,12-13,16-18H2,1-3H3/t19-/m0/s1. The summed E-state index contributed by atoms with van der Waals surface area (Å²) in [4.78, 5) is 32.8. The second kappa shape index (κ2) is 10.8. The van der Waals surface area contributed by atoms with E-state index in [2.05, 4.69) is 45.0 Å². The molecule has 3 rings (SSSR count). The molecule has 0 spiro atoms. The van der Waals surface area contributed by atoms with Gasteiger partial charge >= 0.3 is 0 Å². The number of nitrogens with zero attached hydrogens (tertiary/aromatic N) is 2. The van der Waals surface area contributed by atoms with Gasteiger partial charge in [-0.2, -0.15) is 0 Å². The van der Waals surface area contributed by atoms with E-state index < -0.39 is 0 Å². The highest BCUT2D eigenvalue weighted by Gasteiger charge is 2.31. The Labute approximate surface area is 184 Å². The van der Waals surface area contributed by atoms with Crippen LogP contribution in [-0.2, 0) is 22.7 Å². The van der Waals surface area contributed by atoms with Crippen molar-refractivity contribution in [3.05, 3.63) is 57.8 Å². The Kier molecular flexibility index (Phi) is 8.08. The van der Waals surface area contributed by atoms with Gasteiger partial charge in [-0.05, 0) is 50.8 Å². The topological polar surface area (TPSA) is 40.6 Å². The average molecular weight is 427 g/mol. The molecule has 1 aromatic carbocycles. The quantitative estimate of drug-likeness (QED) is 0.538. The highest BCUT2D eigenvalue weighted by Crippen LogP contribution is 2.28. The fourth-order valence-electron chi connectivity index (χ4n) is 4.12. The number of thiophene rings is 1. The summed E-state index contributed by atoms with van der Waals surface area (Å²) in [5, 5.41) is 0. The lowest BCUT2D eigenvalue weighted by Gasteiger charge is -2.33. The SMILES string of the molecule is CC[C@H](C)N(CC(=O)N(Cc1ccccc1)Cc1ccc(C)s1)C(=O)C1CCCC1. The molecule has 0 N–H and O–H groups in total. The van der Waals surface area contributed by atoms with E-state index >= 15 is 0 Å². The Morgan fingerprint density at radius 2 is 1.77 bits per heavy atom. The van der Waals surface area contributed by atoms with Gasteiger partial charge in [0.2, 0.25) is 11.8 Å². The molecule has 162 valence electrons. The van der Waals surface area contributed by atoms with E-state index in [0.29, 0.717) is 13.1 Å². The van der Waals surface area contributed by atoms with Crippen molar-refractivity contribution in [2.45, 2.75) is 72.0 Å². The Balaban J connectivity index is 1.77. The van der Waals surface area contributed by atoms with Gasteiger partial charge in [-0.25, -0.2) is 0 Å². The van der Waals surface area contributed by atoms with E-state index in [0.717, 1.165) is 37.7 Å². The molecule has 1 aliphatic rings. The molecule has 1 aromatic heterocycles. The van der Waals surface area contributed by atoms with E-state index in [4.69, 9.17) is 0 Å². The number of benzene rings is 1. The summed E-state index contributed by atoms with van der Waals surface area (Å²) in [5.41, 5.74) is 1.11. The zero-order valence-electron chi connectivity index (χ0n) is 18.5. The van der Waals surface area contributed by atoms with Crippen molar-refractivity contribution in [3.63, 3.8) is 0 Å². The third-order valence-corrected chi connectivity index (χ3v) is 7.11. The minimum absolute atomic E-state index is 0.0246. The first-order valence-corrected chi connectivity index (χ1v) is 12.0. The molecule has 5 heteroatoms. The molecule has 2 amide bonds. The first-order valence-electron chi connectivity index (χ1n) is 11.2. The van der Waals surface area contributed by atoms with Crippen LogP contribution in [-0.4, -0.2) is 34.2 Å². The van der Waals surface area contributed by atoms with Crippen molar-refractivity contribution >= 4 is 23.2 Å². The summed E-state index contributed by atoms with van der Waals surface area (Å²) in [6, 6.07) is 14.4. The second-order valence-corrected chi connectivity index (χ2v) is 9.82. The van der Waals surface area contributed by atoms with E-state index in [1.54, 1.807) is 11.3 Å². The second-order valence-electron chi connectivity index (χ2n) is 8.45. The monoisotopic (exact) mass is 426 g/mol. The maximum atomic E-state index is 13.4. The molecule has 0 radical (unpaired) electrons. The zero-order chi connectivity index (χ0) is 21.5. The molecule has 30 heavy (non-hydrogen) atoms. The molecule has 0 saturated heterocycles. The van der Waals surface area contributed by atoms with Crippen LogP contribution in [0.15, 0.2) is 42.5 Å². The zero-order valence-corrected chi connectivity index (χ0v) is 19.3. The largest absolute Gasteiger partial charge is 0.332 e. The third kappa shape index (κ3) is 5.94. The van der Waals surface area contributed by atoms with Crippen molar-refractivity contribution in [1.29, 1.82) is 0 Å². The van der Waals surface area contributed by atoms with Crippen LogP contribution in [0.25, 0.3) is 0 Å². The maximum absolute atomic E-state index is 13.4. The fourth-order valence-corrected chi connectivity index (χ4v) is 5.02. The lowest BCUT2D eigenvalue weighted by atomic mass is 10.0. The average Bonchev–Trinajstić information content (AvgIpc) is 3.43. The van der Waals surface area contributed by atoms with Gasteiger partial charge in [0.25, 0.3) is 0 Å². The Bertz CT molecular complexity index is 827. The number of amides is 2. The van der Waals surface area contributed by atoms with Crippen molar-refractivity contribution in [2.75, 3.05) is 6.54 Å². The van der Waals surface area contributed by atoms with Crippen molar-refractivity contribution in [1.82, 2.24) is 9.80 Å². The van der Waals surface area contributed by atoms with Crippen LogP contribution in [0, 0.1) is 12.8 Å². The van der Waals surface area contributed by atoms with Gasteiger partial charge in [0.15, 0.2) is 0 Å². The van der Waals surface area contributed by atoms with Crippen LogP contribution in [0.3, 0.4) is 0 Å². The van der Waals surface area contributed by atoms with E-state index in [-0.39, 0.29) is 30.3 Å². The molecule has 0 bridgehead atoms. The first kappa shape index (κ1) is 22.5. The van der Waals surface area contributed by atoms with Crippen molar-refractivity contribution in [3.8, 4) is 0 Å². The maximum Gasteiger partial charge on any atom is 0.242 e. The highest BCUT2D eigenvalue weighted by atomic mass is 32.1. The summed E-state index contributed by atoms with van der Waals surface area (Å²) < 4.78 is 0. The first-order chi connectivity index (χ1) is 14.5. The van der Waals surface area contributed by atoms with E-state index in [1.165, 1.54) is 9.75 Å². The molecule has 0 unspecified atom stereocenters. The molecular formula is C25H34N2O2S. The number of hydrogen-bond donors (Lipinski definition) is 0. The molecule has 1 aliphatic carbocycles. The third-order valence-electron chi connectivity index (χ3n) is 6.13. The van der Waals surface area contributed by atoms with Crippen LogP contribution in [0.1, 0.15) is 61.3 Å². The van der Waals surface area contributed by atoms with Gasteiger partial charge in [0.1, 0.15) is 6.54 Å². The molecule has 4 nitrogen and oxygen atoms in total. The molecule has 0 aliphatic heterocycles. The Hall–Kier alpha value is -2.14. The van der Waals surface area contributed by atoms with Crippen molar-refractivity contribution < 1.29 is 9.59 Å². The Morgan fingerprint density at radius 1 is 1.07 bits per heavy atom. The Morgan fingerprint density at radius 3 is 2.37 bits per heavy atom. The summed E-state index contributed by atoms with van der Waals surface area (Å²) in [6.45, 7) is 7.54. The number of aryl methyl sites for hydroxylation is 1. The molecule has 1 saturated carbocycles. The van der Waals surface area contributed by atoms with Gasteiger partial charge in [0.05, 0.1) is 6.54 Å². The van der Waals surface area contributed by atoms with Gasteiger partial charge in [-0.3, -0.25) is 9.59 Å². The number of carbonyl (C=O) groups excluding carboxylic acids is 2. The smallest absolute Gasteiger partial charge is 0.242 e. The van der Waals surface area contributed by atoms with Crippen LogP contribution in [0.2, 0.25) is 0 Å². The van der Waals surface area contributed by atoms with Gasteiger partial charge < -0.3 is 9.80 Å².